The molecule has 0 aliphatic heterocycles. The van der Waals surface area contributed by atoms with Crippen LogP contribution < -0.4 is 15.4 Å². The third-order valence-corrected chi connectivity index (χ3v) is 4.78. The maximum absolute atomic E-state index is 12.6. The van der Waals surface area contributed by atoms with Crippen molar-refractivity contribution in [2.45, 2.75) is 44.6 Å². The van der Waals surface area contributed by atoms with E-state index in [2.05, 4.69) is 20.8 Å². The van der Waals surface area contributed by atoms with Crippen molar-refractivity contribution in [1.29, 1.82) is 0 Å². The van der Waals surface area contributed by atoms with Gasteiger partial charge in [0.25, 0.3) is 0 Å². The molecule has 0 radical (unpaired) electrons. The van der Waals surface area contributed by atoms with Crippen LogP contribution in [0.25, 0.3) is 0 Å². The van der Waals surface area contributed by atoms with Gasteiger partial charge in [-0.2, -0.15) is 0 Å². The second-order valence-corrected chi connectivity index (χ2v) is 6.83. The fourth-order valence-corrected chi connectivity index (χ4v) is 3.05. The van der Waals surface area contributed by atoms with Gasteiger partial charge in [-0.1, -0.05) is 11.2 Å². The van der Waals surface area contributed by atoms with Crippen molar-refractivity contribution >= 4 is 11.7 Å². The lowest BCUT2D eigenvalue weighted by Crippen LogP contribution is -2.34. The zero-order valence-electron chi connectivity index (χ0n) is 14.4. The number of anilines is 1. The number of nitrogens with zero attached hydrogens (tertiary/aromatic N) is 2. The molecule has 7 nitrogen and oxygen atoms in total. The summed E-state index contributed by atoms with van der Waals surface area (Å²) >= 11 is 0. The van der Waals surface area contributed by atoms with E-state index in [0.717, 1.165) is 37.0 Å². The summed E-state index contributed by atoms with van der Waals surface area (Å²) < 4.78 is 10.5. The highest BCUT2D eigenvalue weighted by Crippen LogP contribution is 2.44. The Labute approximate surface area is 146 Å². The van der Waals surface area contributed by atoms with E-state index in [1.54, 1.807) is 13.3 Å². The number of hydrogen-bond acceptors (Lipinski definition) is 5. The molecule has 25 heavy (non-hydrogen) atoms. The van der Waals surface area contributed by atoms with Gasteiger partial charge in [0.15, 0.2) is 5.76 Å². The number of amides is 2. The summed E-state index contributed by atoms with van der Waals surface area (Å²) in [6, 6.07) is 3.48. The molecule has 2 heterocycles. The molecule has 0 spiro atoms. The Bertz CT molecular complexity index is 763. The molecule has 2 fully saturated rings. The summed E-state index contributed by atoms with van der Waals surface area (Å²) in [5.74, 6) is 2.20. The van der Waals surface area contributed by atoms with E-state index in [-0.39, 0.29) is 12.1 Å². The van der Waals surface area contributed by atoms with Gasteiger partial charge in [0.05, 0.1) is 13.2 Å². The molecule has 2 aromatic rings. The van der Waals surface area contributed by atoms with Gasteiger partial charge in [0.2, 0.25) is 5.88 Å². The molecule has 2 N–H and O–H groups in total. The summed E-state index contributed by atoms with van der Waals surface area (Å²) in [5.41, 5.74) is 2.41. The first-order valence-corrected chi connectivity index (χ1v) is 8.69. The summed E-state index contributed by atoms with van der Waals surface area (Å²) in [5, 5.41) is 10.0. The molecule has 2 aliphatic rings. The number of hydrogen-bond donors (Lipinski definition) is 2. The summed E-state index contributed by atoms with van der Waals surface area (Å²) in [7, 11) is 1.59. The van der Waals surface area contributed by atoms with Gasteiger partial charge in [-0.25, -0.2) is 9.78 Å². The number of carbonyl (C=O) groups excluding carboxylic acids is 1. The largest absolute Gasteiger partial charge is 0.481 e. The number of urea groups is 1. The minimum atomic E-state index is -0.235. The molecule has 0 aromatic carbocycles. The van der Waals surface area contributed by atoms with Crippen molar-refractivity contribution in [3.8, 4) is 5.88 Å². The monoisotopic (exact) mass is 342 g/mol. The van der Waals surface area contributed by atoms with Crippen LogP contribution in [0.3, 0.4) is 0 Å². The summed E-state index contributed by atoms with van der Waals surface area (Å²) in [4.78, 5) is 16.8. The van der Waals surface area contributed by atoms with Crippen LogP contribution in [-0.2, 0) is 0 Å². The van der Waals surface area contributed by atoms with E-state index in [0.29, 0.717) is 29.1 Å². The standard InChI is InChI=1S/C18H22N4O3/c1-10-15(17(25-22-10)12-5-6-12)20-18(23)21-16(11-3-4-11)13-7-8-14(24-2)19-9-13/h7-9,11-12,16H,3-6H2,1-2H3,(H2,20,21,23). The van der Waals surface area contributed by atoms with Gasteiger partial charge in [0, 0.05) is 18.2 Å². The third kappa shape index (κ3) is 3.45. The van der Waals surface area contributed by atoms with Crippen LogP contribution in [0.4, 0.5) is 10.5 Å². The third-order valence-electron chi connectivity index (χ3n) is 4.78. The van der Waals surface area contributed by atoms with E-state index in [4.69, 9.17) is 9.26 Å². The Morgan fingerprint density at radius 3 is 2.72 bits per heavy atom. The smallest absolute Gasteiger partial charge is 0.319 e. The number of methoxy groups -OCH3 is 1. The molecule has 1 atom stereocenters. The van der Waals surface area contributed by atoms with Gasteiger partial charge in [-0.3, -0.25) is 0 Å². The lowest BCUT2D eigenvalue weighted by molar-refractivity contribution is 0.247. The van der Waals surface area contributed by atoms with E-state index >= 15 is 0 Å². The molecule has 1 unspecified atom stereocenters. The molecule has 0 saturated heterocycles. The zero-order chi connectivity index (χ0) is 17.4. The molecular formula is C18H22N4O3. The van der Waals surface area contributed by atoms with Crippen molar-refractivity contribution in [2.75, 3.05) is 12.4 Å². The van der Waals surface area contributed by atoms with Gasteiger partial charge in [-0.05, 0) is 44.1 Å². The van der Waals surface area contributed by atoms with Crippen LogP contribution in [0.1, 0.15) is 54.7 Å². The summed E-state index contributed by atoms with van der Waals surface area (Å²) in [6.45, 7) is 1.84. The first kappa shape index (κ1) is 15.9. The number of aryl methyl sites for hydroxylation is 1. The van der Waals surface area contributed by atoms with Crippen molar-refractivity contribution in [3.05, 3.63) is 35.3 Å². The highest BCUT2D eigenvalue weighted by molar-refractivity contribution is 5.90. The van der Waals surface area contributed by atoms with E-state index < -0.39 is 0 Å². The van der Waals surface area contributed by atoms with Gasteiger partial charge >= 0.3 is 6.03 Å². The maximum atomic E-state index is 12.6. The van der Waals surface area contributed by atoms with Crippen LogP contribution in [-0.4, -0.2) is 23.3 Å². The quantitative estimate of drug-likeness (QED) is 0.838. The number of carbonyl (C=O) groups is 1. The topological polar surface area (TPSA) is 89.3 Å². The maximum Gasteiger partial charge on any atom is 0.319 e. The van der Waals surface area contributed by atoms with Gasteiger partial charge in [-0.15, -0.1) is 0 Å². The number of aromatic nitrogens is 2. The van der Waals surface area contributed by atoms with Crippen LogP contribution in [0, 0.1) is 12.8 Å². The number of nitrogens with one attached hydrogen (secondary N) is 2. The van der Waals surface area contributed by atoms with Crippen LogP contribution >= 0.6 is 0 Å². The number of ether oxygens (including phenoxy) is 1. The molecule has 2 aliphatic carbocycles. The highest BCUT2D eigenvalue weighted by atomic mass is 16.5. The van der Waals surface area contributed by atoms with Gasteiger partial charge in [0.1, 0.15) is 11.4 Å². The fraction of sp³-hybridized carbons (Fsp3) is 0.500. The molecular weight excluding hydrogens is 320 g/mol. The van der Waals surface area contributed by atoms with Crippen molar-refractivity contribution in [2.24, 2.45) is 5.92 Å². The van der Waals surface area contributed by atoms with Crippen LogP contribution in [0.15, 0.2) is 22.9 Å². The van der Waals surface area contributed by atoms with Crippen molar-refractivity contribution in [3.63, 3.8) is 0 Å². The molecule has 2 amide bonds. The molecule has 2 saturated carbocycles. The SMILES string of the molecule is COc1ccc(C(NC(=O)Nc2c(C)noc2C2CC2)C2CC2)cn1. The second kappa shape index (κ2) is 6.38. The Morgan fingerprint density at radius 2 is 2.12 bits per heavy atom. The van der Waals surface area contributed by atoms with E-state index in [1.807, 2.05) is 19.1 Å². The van der Waals surface area contributed by atoms with E-state index in [1.165, 1.54) is 0 Å². The summed E-state index contributed by atoms with van der Waals surface area (Å²) in [6.07, 6.45) is 6.16. The molecule has 7 heteroatoms. The number of pyridine rings is 1. The minimum absolute atomic E-state index is 0.0528. The van der Waals surface area contributed by atoms with Crippen LogP contribution in [0.5, 0.6) is 5.88 Å². The predicted octanol–water partition coefficient (Wildman–Crippen LogP) is 3.54. The number of rotatable bonds is 6. The second-order valence-electron chi connectivity index (χ2n) is 6.83. The molecule has 132 valence electrons. The zero-order valence-corrected chi connectivity index (χ0v) is 14.4. The van der Waals surface area contributed by atoms with E-state index in [9.17, 15) is 4.79 Å². The van der Waals surface area contributed by atoms with Gasteiger partial charge < -0.3 is 19.9 Å². The van der Waals surface area contributed by atoms with Crippen molar-refractivity contribution in [1.82, 2.24) is 15.5 Å². The van der Waals surface area contributed by atoms with Crippen molar-refractivity contribution < 1.29 is 14.1 Å². The molecule has 4 rings (SSSR count). The lowest BCUT2D eigenvalue weighted by Gasteiger charge is -2.19. The molecule has 0 bridgehead atoms. The predicted molar refractivity (Wildman–Crippen MR) is 91.6 cm³/mol. The average molecular weight is 342 g/mol. The first-order valence-electron chi connectivity index (χ1n) is 8.69. The Hall–Kier alpha value is -2.57. The Morgan fingerprint density at radius 1 is 1.32 bits per heavy atom. The normalized spacial score (nSPS) is 17.8. The minimum Gasteiger partial charge on any atom is -0.481 e. The highest BCUT2D eigenvalue weighted by Gasteiger charge is 2.35. The fourth-order valence-electron chi connectivity index (χ4n) is 3.05. The first-order chi connectivity index (χ1) is 12.2. The average Bonchev–Trinajstić information content (AvgIpc) is 3.53. The Balaban J connectivity index is 1.47. The molecule has 2 aromatic heterocycles. The van der Waals surface area contributed by atoms with Crippen LogP contribution in [0.2, 0.25) is 0 Å². The Kier molecular flexibility index (Phi) is 4.07. The lowest BCUT2D eigenvalue weighted by atomic mass is 10.0.